The fourth-order valence-corrected chi connectivity index (χ4v) is 3.90. The van der Waals surface area contributed by atoms with Crippen LogP contribution in [-0.4, -0.2) is 22.2 Å². The monoisotopic (exact) mass is 350 g/mol. The molecule has 128 valence electrons. The number of aryl methyl sites for hydroxylation is 1. The van der Waals surface area contributed by atoms with Crippen molar-refractivity contribution >= 4 is 11.6 Å². The van der Waals surface area contributed by atoms with Crippen LogP contribution in [0.2, 0.25) is 5.02 Å². The van der Waals surface area contributed by atoms with Gasteiger partial charge < -0.3 is 9.47 Å². The topological polar surface area (TPSA) is 36.3 Å². The fraction of sp³-hybridized carbons (Fsp3) is 0.500. The van der Waals surface area contributed by atoms with E-state index < -0.39 is 5.79 Å². The summed E-state index contributed by atoms with van der Waals surface area (Å²) in [6.45, 7) is 0.531. The Bertz CT molecular complexity index is 735. The van der Waals surface area contributed by atoms with Crippen LogP contribution >= 0.6 is 11.6 Å². The van der Waals surface area contributed by atoms with Crippen LogP contribution < -0.4 is 0 Å². The summed E-state index contributed by atoms with van der Waals surface area (Å²) in [4.78, 5) is 0. The van der Waals surface area contributed by atoms with E-state index in [1.165, 1.54) is 18.6 Å². The van der Waals surface area contributed by atoms with Crippen molar-refractivity contribution in [3.05, 3.63) is 40.8 Å². The highest BCUT2D eigenvalue weighted by atomic mass is 35.5. The maximum Gasteiger partial charge on any atom is 0.169 e. The van der Waals surface area contributed by atoms with E-state index in [-0.39, 0.29) is 11.9 Å². The number of nitrogens with zero attached hydrogens (tertiary/aromatic N) is 2. The molecule has 0 amide bonds. The second-order valence-corrected chi connectivity index (χ2v) is 7.06. The summed E-state index contributed by atoms with van der Waals surface area (Å²) in [5.41, 5.74) is 2.28. The zero-order valence-corrected chi connectivity index (χ0v) is 14.4. The molecular weight excluding hydrogens is 331 g/mol. The Morgan fingerprint density at radius 2 is 2.00 bits per heavy atom. The molecule has 1 aliphatic carbocycles. The lowest BCUT2D eigenvalue weighted by Gasteiger charge is -2.31. The normalized spacial score (nSPS) is 23.0. The van der Waals surface area contributed by atoms with E-state index in [0.717, 1.165) is 31.4 Å². The lowest BCUT2D eigenvalue weighted by molar-refractivity contribution is -0.188. The van der Waals surface area contributed by atoms with Gasteiger partial charge in [0.2, 0.25) is 0 Å². The van der Waals surface area contributed by atoms with E-state index in [1.54, 1.807) is 10.7 Å². The number of aromatic nitrogens is 2. The Morgan fingerprint density at radius 3 is 2.75 bits per heavy atom. The van der Waals surface area contributed by atoms with Crippen molar-refractivity contribution in [3.8, 4) is 11.3 Å². The third-order valence-electron chi connectivity index (χ3n) is 4.87. The molecule has 2 heterocycles. The summed E-state index contributed by atoms with van der Waals surface area (Å²) in [5.74, 6) is -0.790. The number of hydrogen-bond donors (Lipinski definition) is 0. The van der Waals surface area contributed by atoms with Crippen molar-refractivity contribution in [2.24, 2.45) is 7.05 Å². The first kappa shape index (κ1) is 16.1. The van der Waals surface area contributed by atoms with Gasteiger partial charge in [0.1, 0.15) is 11.9 Å². The van der Waals surface area contributed by atoms with E-state index in [4.69, 9.17) is 21.1 Å². The SMILES string of the molecule is Cn1nc(-c2cc(F)cc(Cl)c2)cc1C1COC2(CCCCC2)O1. The van der Waals surface area contributed by atoms with Gasteiger partial charge in [0.05, 0.1) is 18.0 Å². The molecule has 0 N–H and O–H groups in total. The minimum atomic E-state index is -0.421. The van der Waals surface area contributed by atoms with Gasteiger partial charge >= 0.3 is 0 Å². The van der Waals surface area contributed by atoms with Gasteiger partial charge in [-0.2, -0.15) is 5.10 Å². The summed E-state index contributed by atoms with van der Waals surface area (Å²) >= 11 is 5.95. The maximum absolute atomic E-state index is 13.6. The predicted molar refractivity (Wildman–Crippen MR) is 89.2 cm³/mol. The van der Waals surface area contributed by atoms with Crippen molar-refractivity contribution in [2.45, 2.75) is 44.0 Å². The highest BCUT2D eigenvalue weighted by Crippen LogP contribution is 2.43. The molecule has 1 aliphatic heterocycles. The van der Waals surface area contributed by atoms with Gasteiger partial charge in [0, 0.05) is 30.5 Å². The standard InChI is InChI=1S/C18H20ClFN2O2/c1-22-16(17-11-23-18(24-17)5-3-2-4-6-18)10-15(21-22)12-7-13(19)9-14(20)8-12/h7-10,17H,2-6,11H2,1H3. The van der Waals surface area contributed by atoms with Crippen molar-refractivity contribution in [3.63, 3.8) is 0 Å². The predicted octanol–water partition coefficient (Wildman–Crippen LogP) is 4.63. The molecule has 1 unspecified atom stereocenters. The molecule has 6 heteroatoms. The zero-order valence-electron chi connectivity index (χ0n) is 13.6. The summed E-state index contributed by atoms with van der Waals surface area (Å²) in [6.07, 6.45) is 5.30. The third-order valence-corrected chi connectivity index (χ3v) is 5.09. The number of halogens is 2. The van der Waals surface area contributed by atoms with Gasteiger partial charge in [-0.15, -0.1) is 0 Å². The lowest BCUT2D eigenvalue weighted by Crippen LogP contribution is -2.32. The molecule has 2 aromatic rings. The van der Waals surface area contributed by atoms with Gasteiger partial charge in [-0.3, -0.25) is 4.68 Å². The number of hydrogen-bond acceptors (Lipinski definition) is 3. The van der Waals surface area contributed by atoms with Gasteiger partial charge in [-0.1, -0.05) is 18.0 Å². The highest BCUT2D eigenvalue weighted by Gasteiger charge is 2.43. The van der Waals surface area contributed by atoms with Crippen LogP contribution in [0.15, 0.2) is 24.3 Å². The smallest absolute Gasteiger partial charge is 0.169 e. The highest BCUT2D eigenvalue weighted by molar-refractivity contribution is 6.30. The minimum absolute atomic E-state index is 0.140. The van der Waals surface area contributed by atoms with Crippen LogP contribution in [-0.2, 0) is 16.5 Å². The summed E-state index contributed by atoms with van der Waals surface area (Å²) in [6, 6.07) is 6.37. The van der Waals surface area contributed by atoms with E-state index in [2.05, 4.69) is 5.10 Å². The maximum atomic E-state index is 13.6. The van der Waals surface area contributed by atoms with Crippen LogP contribution in [0.4, 0.5) is 4.39 Å². The number of ether oxygens (including phenoxy) is 2. The molecule has 0 bridgehead atoms. The molecule has 2 aliphatic rings. The first-order valence-electron chi connectivity index (χ1n) is 8.37. The quantitative estimate of drug-likeness (QED) is 0.792. The van der Waals surface area contributed by atoms with Crippen molar-refractivity contribution in [2.75, 3.05) is 6.61 Å². The Hall–Kier alpha value is -1.43. The zero-order chi connectivity index (χ0) is 16.7. The van der Waals surface area contributed by atoms with E-state index in [0.29, 0.717) is 22.9 Å². The Kier molecular flexibility index (Phi) is 4.11. The molecular formula is C18H20ClFN2O2. The van der Waals surface area contributed by atoms with Crippen molar-refractivity contribution in [1.82, 2.24) is 9.78 Å². The van der Waals surface area contributed by atoms with Gasteiger partial charge in [-0.05, 0) is 37.1 Å². The van der Waals surface area contributed by atoms with Crippen LogP contribution in [0.1, 0.15) is 43.9 Å². The number of rotatable bonds is 2. The van der Waals surface area contributed by atoms with Crippen LogP contribution in [0.25, 0.3) is 11.3 Å². The summed E-state index contributed by atoms with van der Waals surface area (Å²) in [7, 11) is 1.87. The molecule has 1 saturated carbocycles. The lowest BCUT2D eigenvalue weighted by atomic mass is 9.94. The van der Waals surface area contributed by atoms with Crippen LogP contribution in [0, 0.1) is 5.82 Å². The number of benzene rings is 1. The largest absolute Gasteiger partial charge is 0.347 e. The minimum Gasteiger partial charge on any atom is -0.347 e. The molecule has 1 spiro atoms. The summed E-state index contributed by atoms with van der Waals surface area (Å²) < 4.78 is 27.7. The van der Waals surface area contributed by atoms with E-state index in [1.807, 2.05) is 13.1 Å². The molecule has 1 aromatic heterocycles. The summed E-state index contributed by atoms with van der Waals surface area (Å²) in [5, 5.41) is 4.86. The average molecular weight is 351 g/mol. The van der Waals surface area contributed by atoms with Gasteiger partial charge in [0.25, 0.3) is 0 Å². The molecule has 24 heavy (non-hydrogen) atoms. The van der Waals surface area contributed by atoms with Crippen molar-refractivity contribution < 1.29 is 13.9 Å². The molecule has 1 aromatic carbocycles. The second kappa shape index (κ2) is 6.14. The molecule has 1 saturated heterocycles. The average Bonchev–Trinajstić information content (AvgIpc) is 3.11. The van der Waals surface area contributed by atoms with Crippen LogP contribution in [0.3, 0.4) is 0 Å². The Balaban J connectivity index is 1.60. The van der Waals surface area contributed by atoms with E-state index >= 15 is 0 Å². The third kappa shape index (κ3) is 2.96. The van der Waals surface area contributed by atoms with Gasteiger partial charge in [-0.25, -0.2) is 4.39 Å². The first-order valence-corrected chi connectivity index (χ1v) is 8.75. The molecule has 4 rings (SSSR count). The van der Waals surface area contributed by atoms with Gasteiger partial charge in [0.15, 0.2) is 5.79 Å². The fourth-order valence-electron chi connectivity index (χ4n) is 3.68. The van der Waals surface area contributed by atoms with E-state index in [9.17, 15) is 4.39 Å². The first-order chi connectivity index (χ1) is 11.5. The second-order valence-electron chi connectivity index (χ2n) is 6.63. The molecule has 2 fully saturated rings. The molecule has 4 nitrogen and oxygen atoms in total. The van der Waals surface area contributed by atoms with Crippen molar-refractivity contribution in [1.29, 1.82) is 0 Å². The Labute approximate surface area is 145 Å². The molecule has 0 radical (unpaired) electrons. The Morgan fingerprint density at radius 1 is 1.21 bits per heavy atom. The van der Waals surface area contributed by atoms with Crippen LogP contribution in [0.5, 0.6) is 0 Å². The molecule has 1 atom stereocenters.